The molecule has 1 aliphatic rings. The molecule has 0 unspecified atom stereocenters. The molecule has 1 N–H and O–H groups in total. The molecule has 0 aliphatic carbocycles. The molecule has 1 aromatic rings. The molecule has 1 aromatic carbocycles. The second kappa shape index (κ2) is 5.90. The van der Waals surface area contributed by atoms with E-state index in [1.165, 1.54) is 0 Å². The van der Waals surface area contributed by atoms with Crippen LogP contribution >= 0.6 is 11.6 Å². The molecule has 1 fully saturated rings. The number of anilines is 1. The third-order valence-corrected chi connectivity index (χ3v) is 3.34. The van der Waals surface area contributed by atoms with Gasteiger partial charge in [0.2, 0.25) is 0 Å². The number of hydrogen-bond donors (Lipinski definition) is 1. The first-order valence-corrected chi connectivity index (χ1v) is 6.18. The van der Waals surface area contributed by atoms with E-state index in [1.54, 1.807) is 12.1 Å². The van der Waals surface area contributed by atoms with E-state index in [0.717, 1.165) is 38.3 Å². The molecule has 90 valence electrons. The number of nitrogens with zero attached hydrogens (tertiary/aromatic N) is 1. The molecule has 0 saturated carbocycles. The summed E-state index contributed by atoms with van der Waals surface area (Å²) in [5.74, 6) is 0.665. The summed E-state index contributed by atoms with van der Waals surface area (Å²) < 4.78 is 5.32. The summed E-state index contributed by atoms with van der Waals surface area (Å²) in [6, 6.07) is 7.49. The van der Waals surface area contributed by atoms with Gasteiger partial charge in [-0.25, -0.2) is 0 Å². The van der Waals surface area contributed by atoms with Crippen molar-refractivity contribution in [2.24, 2.45) is 5.92 Å². The number of benzene rings is 1. The number of rotatable bonds is 3. The van der Waals surface area contributed by atoms with Crippen molar-refractivity contribution in [2.45, 2.75) is 12.8 Å². The Morgan fingerprint density at radius 1 is 1.41 bits per heavy atom. The van der Waals surface area contributed by atoms with Gasteiger partial charge in [0.25, 0.3) is 0 Å². The standard InChI is InChI=1S/C13H15ClN2O/c14-13-7-12(2-1-11(13)8-15)16-9-10-3-5-17-6-4-10/h1-2,7,10,16H,3-6,9H2. The van der Waals surface area contributed by atoms with Crippen LogP contribution in [0, 0.1) is 17.2 Å². The quantitative estimate of drug-likeness (QED) is 0.897. The predicted octanol–water partition coefficient (Wildman–Crippen LogP) is 3.05. The van der Waals surface area contributed by atoms with Crippen molar-refractivity contribution in [3.05, 3.63) is 28.8 Å². The SMILES string of the molecule is N#Cc1ccc(NCC2CCOCC2)cc1Cl. The van der Waals surface area contributed by atoms with Crippen LogP contribution < -0.4 is 5.32 Å². The van der Waals surface area contributed by atoms with Crippen molar-refractivity contribution >= 4 is 17.3 Å². The Morgan fingerprint density at radius 3 is 2.82 bits per heavy atom. The molecule has 4 heteroatoms. The molecule has 0 bridgehead atoms. The van der Waals surface area contributed by atoms with Crippen LogP contribution in [0.25, 0.3) is 0 Å². The Morgan fingerprint density at radius 2 is 2.18 bits per heavy atom. The maximum Gasteiger partial charge on any atom is 0.101 e. The van der Waals surface area contributed by atoms with E-state index in [-0.39, 0.29) is 0 Å². The molecular weight excluding hydrogens is 236 g/mol. The second-order valence-electron chi connectivity index (χ2n) is 4.24. The van der Waals surface area contributed by atoms with E-state index in [0.29, 0.717) is 16.5 Å². The topological polar surface area (TPSA) is 45.0 Å². The summed E-state index contributed by atoms with van der Waals surface area (Å²) in [6.07, 6.45) is 2.22. The fourth-order valence-corrected chi connectivity index (χ4v) is 2.15. The van der Waals surface area contributed by atoms with E-state index in [9.17, 15) is 0 Å². The summed E-state index contributed by atoms with van der Waals surface area (Å²) in [7, 11) is 0. The smallest absolute Gasteiger partial charge is 0.101 e. The first-order chi connectivity index (χ1) is 8.29. The molecule has 0 spiro atoms. The van der Waals surface area contributed by atoms with Crippen LogP contribution in [0.1, 0.15) is 18.4 Å². The van der Waals surface area contributed by atoms with Crippen molar-refractivity contribution in [1.82, 2.24) is 0 Å². The van der Waals surface area contributed by atoms with Crippen LogP contribution in [-0.4, -0.2) is 19.8 Å². The monoisotopic (exact) mass is 250 g/mol. The maximum absolute atomic E-state index is 8.77. The van der Waals surface area contributed by atoms with Gasteiger partial charge in [-0.15, -0.1) is 0 Å². The normalized spacial score (nSPS) is 16.5. The van der Waals surface area contributed by atoms with Gasteiger partial charge in [0, 0.05) is 25.4 Å². The fourth-order valence-electron chi connectivity index (χ4n) is 1.93. The van der Waals surface area contributed by atoms with Gasteiger partial charge >= 0.3 is 0 Å². The van der Waals surface area contributed by atoms with Gasteiger partial charge in [-0.1, -0.05) is 11.6 Å². The highest BCUT2D eigenvalue weighted by atomic mass is 35.5. The van der Waals surface area contributed by atoms with Gasteiger partial charge in [0.1, 0.15) is 6.07 Å². The van der Waals surface area contributed by atoms with Crippen molar-refractivity contribution in [2.75, 3.05) is 25.1 Å². The van der Waals surface area contributed by atoms with Crippen LogP contribution in [0.2, 0.25) is 5.02 Å². The lowest BCUT2D eigenvalue weighted by atomic mass is 10.0. The fraction of sp³-hybridized carbons (Fsp3) is 0.462. The van der Waals surface area contributed by atoms with E-state index >= 15 is 0 Å². The average molecular weight is 251 g/mol. The van der Waals surface area contributed by atoms with Crippen LogP contribution in [0.5, 0.6) is 0 Å². The Bertz CT molecular complexity index is 422. The minimum atomic E-state index is 0.504. The zero-order valence-corrected chi connectivity index (χ0v) is 10.3. The van der Waals surface area contributed by atoms with Crippen LogP contribution in [0.4, 0.5) is 5.69 Å². The largest absolute Gasteiger partial charge is 0.385 e. The van der Waals surface area contributed by atoms with Crippen LogP contribution in [0.15, 0.2) is 18.2 Å². The Labute approximate surface area is 106 Å². The first-order valence-electron chi connectivity index (χ1n) is 5.81. The van der Waals surface area contributed by atoms with Crippen molar-refractivity contribution in [3.8, 4) is 6.07 Å². The molecule has 2 rings (SSSR count). The summed E-state index contributed by atoms with van der Waals surface area (Å²) >= 11 is 5.97. The summed E-state index contributed by atoms with van der Waals surface area (Å²) in [6.45, 7) is 2.66. The molecule has 3 nitrogen and oxygen atoms in total. The number of ether oxygens (including phenoxy) is 1. The lowest BCUT2D eigenvalue weighted by Crippen LogP contribution is -2.22. The van der Waals surface area contributed by atoms with Gasteiger partial charge < -0.3 is 10.1 Å². The van der Waals surface area contributed by atoms with Crippen molar-refractivity contribution in [3.63, 3.8) is 0 Å². The van der Waals surface area contributed by atoms with Gasteiger partial charge in [-0.2, -0.15) is 5.26 Å². The van der Waals surface area contributed by atoms with Gasteiger partial charge in [0.05, 0.1) is 10.6 Å². The lowest BCUT2D eigenvalue weighted by molar-refractivity contribution is 0.0699. The Kier molecular flexibility index (Phi) is 4.24. The van der Waals surface area contributed by atoms with Gasteiger partial charge in [-0.3, -0.25) is 0 Å². The lowest BCUT2D eigenvalue weighted by Gasteiger charge is -2.22. The second-order valence-corrected chi connectivity index (χ2v) is 4.65. The zero-order valence-electron chi connectivity index (χ0n) is 9.58. The summed E-state index contributed by atoms with van der Waals surface area (Å²) in [5.41, 5.74) is 1.49. The van der Waals surface area contributed by atoms with Gasteiger partial charge in [0.15, 0.2) is 0 Å². The highest BCUT2D eigenvalue weighted by Gasteiger charge is 2.13. The molecule has 1 aliphatic heterocycles. The van der Waals surface area contributed by atoms with Gasteiger partial charge in [-0.05, 0) is 37.0 Å². The van der Waals surface area contributed by atoms with Crippen LogP contribution in [-0.2, 0) is 4.74 Å². The molecule has 0 atom stereocenters. The molecule has 0 amide bonds. The molecular formula is C13H15ClN2O. The highest BCUT2D eigenvalue weighted by molar-refractivity contribution is 6.32. The number of hydrogen-bond acceptors (Lipinski definition) is 3. The predicted molar refractivity (Wildman–Crippen MR) is 68.2 cm³/mol. The van der Waals surface area contributed by atoms with E-state index in [2.05, 4.69) is 11.4 Å². The minimum absolute atomic E-state index is 0.504. The Balaban J connectivity index is 1.90. The molecule has 17 heavy (non-hydrogen) atoms. The third-order valence-electron chi connectivity index (χ3n) is 3.03. The summed E-state index contributed by atoms with van der Waals surface area (Å²) in [5, 5.41) is 12.6. The molecule has 1 heterocycles. The first kappa shape index (κ1) is 12.2. The van der Waals surface area contributed by atoms with E-state index in [4.69, 9.17) is 21.6 Å². The summed E-state index contributed by atoms with van der Waals surface area (Å²) in [4.78, 5) is 0. The highest BCUT2D eigenvalue weighted by Crippen LogP contribution is 2.21. The molecule has 0 radical (unpaired) electrons. The minimum Gasteiger partial charge on any atom is -0.385 e. The Hall–Kier alpha value is -1.24. The third kappa shape index (κ3) is 3.36. The number of halogens is 1. The maximum atomic E-state index is 8.77. The van der Waals surface area contributed by atoms with E-state index < -0.39 is 0 Å². The zero-order chi connectivity index (χ0) is 12.1. The molecule has 1 saturated heterocycles. The average Bonchev–Trinajstić information content (AvgIpc) is 2.38. The van der Waals surface area contributed by atoms with E-state index in [1.807, 2.05) is 6.07 Å². The number of nitriles is 1. The van der Waals surface area contributed by atoms with Crippen LogP contribution in [0.3, 0.4) is 0 Å². The van der Waals surface area contributed by atoms with Crippen molar-refractivity contribution < 1.29 is 4.74 Å². The molecule has 0 aromatic heterocycles. The number of nitrogens with one attached hydrogen (secondary N) is 1. The van der Waals surface area contributed by atoms with Crippen molar-refractivity contribution in [1.29, 1.82) is 5.26 Å².